The molecule has 1 aromatic heterocycles. The maximum Gasteiger partial charge on any atom is 0.407 e. The number of nitrogens with zero attached hydrogens (tertiary/aromatic N) is 1. The molecule has 0 aliphatic heterocycles. The molecule has 0 aliphatic rings. The number of ether oxygens (including phenoxy) is 1. The van der Waals surface area contributed by atoms with Crippen molar-refractivity contribution < 1.29 is 14.3 Å². The van der Waals surface area contributed by atoms with Crippen LogP contribution in [0.25, 0.3) is 11.3 Å². The zero-order valence-electron chi connectivity index (χ0n) is 16.0. The standard InChI is InChI=1S/C12H12N2.C8H16N2O3/c13-9-10-4-6-11(7-5-10)12-3-1-2-8-14-12;1-5(2)4-6(7(9)11)10-8(12)13-3/h1-8H,9,13H2;5-6H,4H2,1-3H3,(H2,9,11)(H,10,12). The van der Waals surface area contributed by atoms with Crippen molar-refractivity contribution in [3.8, 4) is 11.3 Å². The number of amides is 2. The highest BCUT2D eigenvalue weighted by atomic mass is 16.5. The summed E-state index contributed by atoms with van der Waals surface area (Å²) in [5.74, 6) is -0.256. The molecule has 2 aromatic rings. The molecule has 0 radical (unpaired) electrons. The maximum atomic E-state index is 10.8. The number of rotatable bonds is 6. The minimum atomic E-state index is -0.646. The molecular weight excluding hydrogens is 344 g/mol. The Bertz CT molecular complexity index is 703. The Morgan fingerprint density at radius 3 is 2.26 bits per heavy atom. The van der Waals surface area contributed by atoms with Crippen LogP contribution < -0.4 is 16.8 Å². The molecule has 7 heteroatoms. The number of aromatic nitrogens is 1. The van der Waals surface area contributed by atoms with E-state index in [0.717, 1.165) is 16.8 Å². The van der Waals surface area contributed by atoms with Gasteiger partial charge in [-0.1, -0.05) is 44.2 Å². The number of alkyl carbamates (subject to hydrolysis) is 1. The van der Waals surface area contributed by atoms with Crippen molar-refractivity contribution in [3.63, 3.8) is 0 Å². The van der Waals surface area contributed by atoms with Crippen LogP contribution in [0, 0.1) is 5.92 Å². The number of nitrogens with two attached hydrogens (primary N) is 2. The van der Waals surface area contributed by atoms with Gasteiger partial charge in [0.25, 0.3) is 0 Å². The average Bonchev–Trinajstić information content (AvgIpc) is 2.68. The van der Waals surface area contributed by atoms with Gasteiger partial charge in [-0.3, -0.25) is 9.78 Å². The molecule has 2 rings (SSSR count). The van der Waals surface area contributed by atoms with Gasteiger partial charge in [-0.2, -0.15) is 0 Å². The molecule has 1 unspecified atom stereocenters. The number of carbonyl (C=O) groups excluding carboxylic acids is 2. The van der Waals surface area contributed by atoms with E-state index in [1.54, 1.807) is 6.20 Å². The van der Waals surface area contributed by atoms with Crippen molar-refractivity contribution in [3.05, 3.63) is 54.2 Å². The number of carbonyl (C=O) groups is 2. The average molecular weight is 372 g/mol. The Balaban J connectivity index is 0.000000271. The van der Waals surface area contributed by atoms with Crippen LogP contribution in [-0.2, 0) is 16.1 Å². The van der Waals surface area contributed by atoms with E-state index in [2.05, 4.69) is 15.0 Å². The van der Waals surface area contributed by atoms with Gasteiger partial charge < -0.3 is 21.5 Å². The number of primary amides is 1. The second-order valence-corrected chi connectivity index (χ2v) is 6.34. The number of nitrogens with one attached hydrogen (secondary N) is 1. The molecule has 1 heterocycles. The summed E-state index contributed by atoms with van der Waals surface area (Å²) in [7, 11) is 1.24. The Morgan fingerprint density at radius 2 is 1.81 bits per heavy atom. The minimum absolute atomic E-state index is 0.287. The quantitative estimate of drug-likeness (QED) is 0.719. The molecule has 0 saturated carbocycles. The second-order valence-electron chi connectivity index (χ2n) is 6.34. The second kappa shape index (κ2) is 11.6. The molecule has 5 N–H and O–H groups in total. The van der Waals surface area contributed by atoms with Gasteiger partial charge in [-0.05, 0) is 30.0 Å². The summed E-state index contributed by atoms with van der Waals surface area (Å²) in [5.41, 5.74) is 13.9. The van der Waals surface area contributed by atoms with E-state index in [4.69, 9.17) is 11.5 Å². The van der Waals surface area contributed by atoms with Gasteiger partial charge in [0.2, 0.25) is 5.91 Å². The van der Waals surface area contributed by atoms with E-state index in [0.29, 0.717) is 13.0 Å². The minimum Gasteiger partial charge on any atom is -0.453 e. The molecular formula is C20H28N4O3. The van der Waals surface area contributed by atoms with Gasteiger partial charge in [0, 0.05) is 18.3 Å². The Labute approximate surface area is 160 Å². The van der Waals surface area contributed by atoms with Crippen molar-refractivity contribution in [2.24, 2.45) is 17.4 Å². The number of benzene rings is 1. The van der Waals surface area contributed by atoms with Gasteiger partial charge in [-0.15, -0.1) is 0 Å². The Kier molecular flexibility index (Phi) is 9.53. The maximum absolute atomic E-state index is 10.8. The molecule has 7 nitrogen and oxygen atoms in total. The van der Waals surface area contributed by atoms with Crippen molar-refractivity contribution in [2.75, 3.05) is 7.11 Å². The summed E-state index contributed by atoms with van der Waals surface area (Å²) in [6.45, 7) is 4.46. The predicted molar refractivity (Wildman–Crippen MR) is 106 cm³/mol. The molecule has 27 heavy (non-hydrogen) atoms. The lowest BCUT2D eigenvalue weighted by Gasteiger charge is -2.16. The van der Waals surface area contributed by atoms with E-state index < -0.39 is 18.0 Å². The molecule has 0 spiro atoms. The zero-order valence-corrected chi connectivity index (χ0v) is 16.0. The monoisotopic (exact) mass is 372 g/mol. The highest BCUT2D eigenvalue weighted by Crippen LogP contribution is 2.16. The molecule has 0 saturated heterocycles. The van der Waals surface area contributed by atoms with Crippen LogP contribution in [0.3, 0.4) is 0 Å². The SMILES string of the molecule is COC(=O)NC(CC(C)C)C(N)=O.NCc1ccc(-c2ccccn2)cc1. The van der Waals surface area contributed by atoms with E-state index in [9.17, 15) is 9.59 Å². The summed E-state index contributed by atoms with van der Waals surface area (Å²) in [6.07, 6.45) is 1.68. The first-order valence-electron chi connectivity index (χ1n) is 8.71. The van der Waals surface area contributed by atoms with Crippen LogP contribution in [-0.4, -0.2) is 30.1 Å². The first kappa shape index (κ1) is 22.1. The molecule has 0 bridgehead atoms. The molecule has 0 fully saturated rings. The fourth-order valence-corrected chi connectivity index (χ4v) is 2.26. The first-order valence-corrected chi connectivity index (χ1v) is 8.71. The van der Waals surface area contributed by atoms with E-state index >= 15 is 0 Å². The Hall–Kier alpha value is -2.93. The van der Waals surface area contributed by atoms with Crippen molar-refractivity contribution in [1.82, 2.24) is 10.3 Å². The van der Waals surface area contributed by atoms with Crippen LogP contribution >= 0.6 is 0 Å². The van der Waals surface area contributed by atoms with Crippen LogP contribution in [0.1, 0.15) is 25.8 Å². The van der Waals surface area contributed by atoms with E-state index in [-0.39, 0.29) is 5.92 Å². The number of methoxy groups -OCH3 is 1. The highest BCUT2D eigenvalue weighted by molar-refractivity contribution is 5.84. The van der Waals surface area contributed by atoms with E-state index in [1.165, 1.54) is 7.11 Å². The van der Waals surface area contributed by atoms with Crippen molar-refractivity contribution in [1.29, 1.82) is 0 Å². The van der Waals surface area contributed by atoms with Gasteiger partial charge in [0.15, 0.2) is 0 Å². The van der Waals surface area contributed by atoms with Gasteiger partial charge in [0.05, 0.1) is 12.8 Å². The molecule has 2 amide bonds. The number of hydrogen-bond acceptors (Lipinski definition) is 5. The highest BCUT2D eigenvalue weighted by Gasteiger charge is 2.19. The number of hydrogen-bond donors (Lipinski definition) is 3. The summed E-state index contributed by atoms with van der Waals surface area (Å²) in [4.78, 5) is 25.9. The zero-order chi connectivity index (χ0) is 20.2. The fourth-order valence-electron chi connectivity index (χ4n) is 2.26. The molecule has 0 aliphatic carbocycles. The van der Waals surface area contributed by atoms with Crippen molar-refractivity contribution >= 4 is 12.0 Å². The Morgan fingerprint density at radius 1 is 1.15 bits per heavy atom. The van der Waals surface area contributed by atoms with Crippen LogP contribution in [0.5, 0.6) is 0 Å². The molecule has 1 aromatic carbocycles. The van der Waals surface area contributed by atoms with Crippen LogP contribution in [0.4, 0.5) is 4.79 Å². The third-order valence-electron chi connectivity index (χ3n) is 3.68. The smallest absolute Gasteiger partial charge is 0.407 e. The number of pyridine rings is 1. The first-order chi connectivity index (χ1) is 12.9. The summed E-state index contributed by atoms with van der Waals surface area (Å²) < 4.78 is 4.35. The summed E-state index contributed by atoms with van der Waals surface area (Å²) >= 11 is 0. The predicted octanol–water partition coefficient (Wildman–Crippen LogP) is 2.45. The topological polar surface area (TPSA) is 120 Å². The van der Waals surface area contributed by atoms with Gasteiger partial charge >= 0.3 is 6.09 Å². The van der Waals surface area contributed by atoms with E-state index in [1.807, 2.05) is 56.3 Å². The molecule has 1 atom stereocenters. The fraction of sp³-hybridized carbons (Fsp3) is 0.350. The van der Waals surface area contributed by atoms with Crippen LogP contribution in [0.2, 0.25) is 0 Å². The lowest BCUT2D eigenvalue weighted by atomic mass is 10.0. The van der Waals surface area contributed by atoms with Gasteiger partial charge in [0.1, 0.15) is 6.04 Å². The molecule has 146 valence electrons. The summed E-state index contributed by atoms with van der Waals surface area (Å²) in [5, 5.41) is 2.36. The third-order valence-corrected chi connectivity index (χ3v) is 3.68. The largest absolute Gasteiger partial charge is 0.453 e. The lowest BCUT2D eigenvalue weighted by molar-refractivity contribution is -0.120. The lowest BCUT2D eigenvalue weighted by Crippen LogP contribution is -2.45. The van der Waals surface area contributed by atoms with Crippen molar-refractivity contribution in [2.45, 2.75) is 32.9 Å². The summed E-state index contributed by atoms with van der Waals surface area (Å²) in [6, 6.07) is 13.4. The van der Waals surface area contributed by atoms with Gasteiger partial charge in [-0.25, -0.2) is 4.79 Å². The normalized spacial score (nSPS) is 11.1. The van der Waals surface area contributed by atoms with Crippen LogP contribution in [0.15, 0.2) is 48.7 Å². The third kappa shape index (κ3) is 8.33.